The molecule has 0 unspecified atom stereocenters. The van der Waals surface area contributed by atoms with E-state index in [-0.39, 0.29) is 0 Å². The van der Waals surface area contributed by atoms with Gasteiger partial charge in [-0.1, -0.05) is 30.2 Å². The lowest BCUT2D eigenvalue weighted by Gasteiger charge is -2.25. The van der Waals surface area contributed by atoms with Crippen LogP contribution < -0.4 is 0 Å². The minimum Gasteiger partial charge on any atom is -0.0839 e. The fraction of sp³-hybridized carbons (Fsp3) is 0.600. The third kappa shape index (κ3) is 1.03. The van der Waals surface area contributed by atoms with E-state index in [1.807, 2.05) is 0 Å². The smallest absolute Gasteiger partial charge is 0.0165 e. The van der Waals surface area contributed by atoms with Crippen molar-refractivity contribution in [3.63, 3.8) is 0 Å². The van der Waals surface area contributed by atoms with Crippen molar-refractivity contribution < 1.29 is 0 Å². The Morgan fingerprint density at radius 3 is 3.20 bits per heavy atom. The number of rotatable bonds is 0. The summed E-state index contributed by atoms with van der Waals surface area (Å²) in [5.41, 5.74) is 1.72. The molecular weight excluding hydrogens is 120 g/mol. The third-order valence-corrected chi connectivity index (χ3v) is 2.66. The Kier molecular flexibility index (Phi) is 1.62. The van der Waals surface area contributed by atoms with Gasteiger partial charge in [0, 0.05) is 0 Å². The monoisotopic (exact) mass is 134 g/mol. The molecule has 0 aromatic rings. The molecule has 0 N–H and O–H groups in total. The summed E-state index contributed by atoms with van der Waals surface area (Å²) < 4.78 is 0. The molecule has 0 heteroatoms. The van der Waals surface area contributed by atoms with E-state index < -0.39 is 0 Å². The summed E-state index contributed by atoms with van der Waals surface area (Å²) in [6.07, 6.45) is 13.9. The Morgan fingerprint density at radius 2 is 2.30 bits per heavy atom. The molecule has 0 radical (unpaired) electrons. The molecule has 1 atom stereocenters. The SMILES string of the molecule is C1=CC[C@@H]2CCCCC2=C1. The second kappa shape index (κ2) is 2.61. The minimum absolute atomic E-state index is 0.929. The normalized spacial score (nSPS) is 31.2. The van der Waals surface area contributed by atoms with E-state index in [0.717, 1.165) is 5.92 Å². The first-order valence-electron chi connectivity index (χ1n) is 4.32. The summed E-state index contributed by atoms with van der Waals surface area (Å²) >= 11 is 0. The molecule has 0 aliphatic heterocycles. The third-order valence-electron chi connectivity index (χ3n) is 2.66. The van der Waals surface area contributed by atoms with Crippen molar-refractivity contribution in [1.82, 2.24) is 0 Å². The van der Waals surface area contributed by atoms with E-state index >= 15 is 0 Å². The number of hydrogen-bond acceptors (Lipinski definition) is 0. The molecule has 0 amide bonds. The van der Waals surface area contributed by atoms with Crippen LogP contribution in [0.4, 0.5) is 0 Å². The van der Waals surface area contributed by atoms with Gasteiger partial charge in [0.25, 0.3) is 0 Å². The Labute approximate surface area is 62.6 Å². The molecule has 0 heterocycles. The van der Waals surface area contributed by atoms with Gasteiger partial charge >= 0.3 is 0 Å². The van der Waals surface area contributed by atoms with Crippen LogP contribution in [0.1, 0.15) is 32.1 Å². The average Bonchev–Trinajstić information content (AvgIpc) is 2.05. The lowest BCUT2D eigenvalue weighted by molar-refractivity contribution is 0.453. The predicted molar refractivity (Wildman–Crippen MR) is 43.8 cm³/mol. The fourth-order valence-electron chi connectivity index (χ4n) is 2.03. The van der Waals surface area contributed by atoms with Crippen LogP contribution in [-0.2, 0) is 0 Å². The molecule has 2 aliphatic carbocycles. The highest BCUT2D eigenvalue weighted by Crippen LogP contribution is 2.33. The van der Waals surface area contributed by atoms with E-state index in [0.29, 0.717) is 0 Å². The maximum atomic E-state index is 2.33. The van der Waals surface area contributed by atoms with Crippen molar-refractivity contribution in [2.45, 2.75) is 32.1 Å². The Bertz CT molecular complexity index is 174. The van der Waals surface area contributed by atoms with Crippen molar-refractivity contribution in [3.8, 4) is 0 Å². The first-order valence-corrected chi connectivity index (χ1v) is 4.32. The fourth-order valence-corrected chi connectivity index (χ4v) is 2.03. The van der Waals surface area contributed by atoms with Gasteiger partial charge in [0.05, 0.1) is 0 Å². The quantitative estimate of drug-likeness (QED) is 0.477. The topological polar surface area (TPSA) is 0 Å². The van der Waals surface area contributed by atoms with Gasteiger partial charge < -0.3 is 0 Å². The van der Waals surface area contributed by atoms with Gasteiger partial charge in [-0.2, -0.15) is 0 Å². The van der Waals surface area contributed by atoms with Gasteiger partial charge in [0.1, 0.15) is 0 Å². The van der Waals surface area contributed by atoms with Gasteiger partial charge in [0.2, 0.25) is 0 Å². The maximum Gasteiger partial charge on any atom is -0.0165 e. The van der Waals surface area contributed by atoms with Crippen LogP contribution >= 0.6 is 0 Å². The molecule has 0 bridgehead atoms. The standard InChI is InChI=1S/C10H14/c1-2-6-10-8-4-3-7-9(10)5-1/h1-2,5,10H,3-4,6-8H2/t10-/m1/s1. The van der Waals surface area contributed by atoms with Crippen LogP contribution in [0.2, 0.25) is 0 Å². The highest BCUT2D eigenvalue weighted by atomic mass is 14.2. The first kappa shape index (κ1) is 6.21. The van der Waals surface area contributed by atoms with Gasteiger partial charge in [-0.3, -0.25) is 0 Å². The second-order valence-electron chi connectivity index (χ2n) is 3.35. The largest absolute Gasteiger partial charge is 0.0839 e. The lowest BCUT2D eigenvalue weighted by Crippen LogP contribution is -2.10. The zero-order valence-electron chi connectivity index (χ0n) is 6.34. The molecule has 1 fully saturated rings. The lowest BCUT2D eigenvalue weighted by atomic mass is 9.80. The Balaban J connectivity index is 2.14. The Morgan fingerprint density at radius 1 is 1.30 bits per heavy atom. The van der Waals surface area contributed by atoms with Crippen molar-refractivity contribution in [1.29, 1.82) is 0 Å². The average molecular weight is 134 g/mol. The summed E-state index contributed by atoms with van der Waals surface area (Å²) in [7, 11) is 0. The van der Waals surface area contributed by atoms with E-state index in [4.69, 9.17) is 0 Å². The van der Waals surface area contributed by atoms with Gasteiger partial charge in [-0.15, -0.1) is 0 Å². The van der Waals surface area contributed by atoms with Crippen molar-refractivity contribution in [3.05, 3.63) is 23.8 Å². The summed E-state index contributed by atoms with van der Waals surface area (Å²) in [4.78, 5) is 0. The summed E-state index contributed by atoms with van der Waals surface area (Å²) in [5.74, 6) is 0.929. The highest BCUT2D eigenvalue weighted by molar-refractivity contribution is 5.21. The van der Waals surface area contributed by atoms with Crippen molar-refractivity contribution in [2.75, 3.05) is 0 Å². The summed E-state index contributed by atoms with van der Waals surface area (Å²) in [6.45, 7) is 0. The van der Waals surface area contributed by atoms with Crippen LogP contribution in [0, 0.1) is 5.92 Å². The van der Waals surface area contributed by atoms with Crippen LogP contribution in [0.5, 0.6) is 0 Å². The van der Waals surface area contributed by atoms with Crippen LogP contribution in [0.3, 0.4) is 0 Å². The minimum atomic E-state index is 0.929. The van der Waals surface area contributed by atoms with Gasteiger partial charge in [-0.05, 0) is 31.6 Å². The van der Waals surface area contributed by atoms with Crippen LogP contribution in [0.25, 0.3) is 0 Å². The molecule has 10 heavy (non-hydrogen) atoms. The molecule has 2 aliphatic rings. The molecule has 0 spiro atoms. The molecule has 0 nitrogen and oxygen atoms in total. The van der Waals surface area contributed by atoms with E-state index in [1.54, 1.807) is 5.57 Å². The number of allylic oxidation sites excluding steroid dienone is 4. The maximum absolute atomic E-state index is 2.33. The molecule has 2 rings (SSSR count). The molecule has 1 saturated carbocycles. The molecular formula is C10H14. The van der Waals surface area contributed by atoms with Crippen LogP contribution in [-0.4, -0.2) is 0 Å². The first-order chi connectivity index (χ1) is 4.97. The highest BCUT2D eigenvalue weighted by Gasteiger charge is 2.18. The summed E-state index contributed by atoms with van der Waals surface area (Å²) in [5, 5.41) is 0. The van der Waals surface area contributed by atoms with Crippen LogP contribution in [0.15, 0.2) is 23.8 Å². The zero-order chi connectivity index (χ0) is 6.81. The van der Waals surface area contributed by atoms with Gasteiger partial charge in [0.15, 0.2) is 0 Å². The Hall–Kier alpha value is -0.520. The zero-order valence-corrected chi connectivity index (χ0v) is 6.34. The van der Waals surface area contributed by atoms with Crippen molar-refractivity contribution >= 4 is 0 Å². The van der Waals surface area contributed by atoms with E-state index in [9.17, 15) is 0 Å². The molecule has 54 valence electrons. The summed E-state index contributed by atoms with van der Waals surface area (Å²) in [6, 6.07) is 0. The van der Waals surface area contributed by atoms with Crippen molar-refractivity contribution in [2.24, 2.45) is 5.92 Å². The molecule has 0 saturated heterocycles. The number of hydrogen-bond donors (Lipinski definition) is 0. The van der Waals surface area contributed by atoms with E-state index in [2.05, 4.69) is 18.2 Å². The van der Waals surface area contributed by atoms with E-state index in [1.165, 1.54) is 32.1 Å². The van der Waals surface area contributed by atoms with Gasteiger partial charge in [-0.25, -0.2) is 0 Å². The molecule has 0 aromatic heterocycles. The molecule has 0 aromatic carbocycles. The predicted octanol–water partition coefficient (Wildman–Crippen LogP) is 3.06. The second-order valence-corrected chi connectivity index (χ2v) is 3.35. The number of fused-ring (bicyclic) bond motifs is 1.